The largest absolute Gasteiger partial charge is 0.346 e. The molecule has 0 unspecified atom stereocenters. The van der Waals surface area contributed by atoms with E-state index in [4.69, 9.17) is 12.2 Å². The van der Waals surface area contributed by atoms with Crippen LogP contribution in [0.1, 0.15) is 30.6 Å². The van der Waals surface area contributed by atoms with Gasteiger partial charge in [-0.15, -0.1) is 0 Å². The van der Waals surface area contributed by atoms with Crippen molar-refractivity contribution in [1.29, 1.82) is 0 Å². The molecule has 0 saturated carbocycles. The molecule has 0 aromatic heterocycles. The second-order valence-corrected chi connectivity index (χ2v) is 5.78. The molecule has 1 aliphatic heterocycles. The Kier molecular flexibility index (Phi) is 5.70. The molecule has 0 spiro atoms. The molecule has 4 nitrogen and oxygen atoms in total. The molecule has 0 aliphatic carbocycles. The molecule has 1 N–H and O–H groups in total. The standard InChI is InChI=1S/C16H23N3OS/c1-3-7-18-8-10-19(11-9-18)16(21)17-15-6-4-5-14(12-15)13(2)20/h4-6,12H,3,7-11H2,1-2H3,(H,17,21). The van der Waals surface area contributed by atoms with Crippen LogP contribution < -0.4 is 5.32 Å². The predicted molar refractivity (Wildman–Crippen MR) is 91.0 cm³/mol. The van der Waals surface area contributed by atoms with E-state index in [1.165, 1.54) is 6.42 Å². The zero-order valence-electron chi connectivity index (χ0n) is 12.8. The van der Waals surface area contributed by atoms with Crippen LogP contribution in [0.5, 0.6) is 0 Å². The molecular formula is C16H23N3OS. The molecule has 1 aromatic rings. The van der Waals surface area contributed by atoms with Gasteiger partial charge in [0, 0.05) is 37.4 Å². The molecule has 0 amide bonds. The zero-order chi connectivity index (χ0) is 15.2. The number of piperazine rings is 1. The van der Waals surface area contributed by atoms with Gasteiger partial charge in [0.05, 0.1) is 0 Å². The zero-order valence-corrected chi connectivity index (χ0v) is 13.6. The van der Waals surface area contributed by atoms with E-state index in [1.807, 2.05) is 24.3 Å². The van der Waals surface area contributed by atoms with Gasteiger partial charge >= 0.3 is 0 Å². The summed E-state index contributed by atoms with van der Waals surface area (Å²) in [5.41, 5.74) is 1.58. The van der Waals surface area contributed by atoms with Gasteiger partial charge in [0.25, 0.3) is 0 Å². The molecular weight excluding hydrogens is 282 g/mol. The summed E-state index contributed by atoms with van der Waals surface area (Å²) in [7, 11) is 0. The number of rotatable bonds is 4. The second-order valence-electron chi connectivity index (χ2n) is 5.40. The lowest BCUT2D eigenvalue weighted by Crippen LogP contribution is -2.49. The quantitative estimate of drug-likeness (QED) is 0.683. The van der Waals surface area contributed by atoms with Gasteiger partial charge in [-0.25, -0.2) is 0 Å². The number of Topliss-reactive ketones (excluding diaryl/α,β-unsaturated/α-hetero) is 1. The lowest BCUT2D eigenvalue weighted by molar-refractivity contribution is 0.101. The Bertz CT molecular complexity index is 510. The third kappa shape index (κ3) is 4.51. The molecule has 21 heavy (non-hydrogen) atoms. The molecule has 0 atom stereocenters. The van der Waals surface area contributed by atoms with Gasteiger partial charge in [-0.05, 0) is 44.2 Å². The summed E-state index contributed by atoms with van der Waals surface area (Å²) < 4.78 is 0. The van der Waals surface area contributed by atoms with E-state index in [-0.39, 0.29) is 5.78 Å². The van der Waals surface area contributed by atoms with E-state index in [9.17, 15) is 4.79 Å². The van der Waals surface area contributed by atoms with E-state index in [2.05, 4.69) is 22.0 Å². The fraction of sp³-hybridized carbons (Fsp3) is 0.500. The number of hydrogen-bond donors (Lipinski definition) is 1. The number of hydrogen-bond acceptors (Lipinski definition) is 3. The molecule has 1 saturated heterocycles. The smallest absolute Gasteiger partial charge is 0.173 e. The molecule has 1 fully saturated rings. The van der Waals surface area contributed by atoms with Crippen molar-refractivity contribution >= 4 is 28.8 Å². The van der Waals surface area contributed by atoms with Crippen molar-refractivity contribution in [2.45, 2.75) is 20.3 Å². The van der Waals surface area contributed by atoms with Crippen molar-refractivity contribution in [2.75, 3.05) is 38.0 Å². The number of ketones is 1. The van der Waals surface area contributed by atoms with Crippen LogP contribution >= 0.6 is 12.2 Å². The SMILES string of the molecule is CCCN1CCN(C(=S)Nc2cccc(C(C)=O)c2)CC1. The lowest BCUT2D eigenvalue weighted by atomic mass is 10.1. The van der Waals surface area contributed by atoms with Gasteiger partial charge in [0.15, 0.2) is 10.9 Å². The van der Waals surface area contributed by atoms with Gasteiger partial charge in [0.1, 0.15) is 0 Å². The number of carbonyl (C=O) groups excluding carboxylic acids is 1. The van der Waals surface area contributed by atoms with Crippen LogP contribution in [-0.4, -0.2) is 53.4 Å². The average molecular weight is 305 g/mol. The molecule has 2 rings (SSSR count). The van der Waals surface area contributed by atoms with Crippen LogP contribution in [0.2, 0.25) is 0 Å². The van der Waals surface area contributed by atoms with Crippen LogP contribution in [0.3, 0.4) is 0 Å². The minimum Gasteiger partial charge on any atom is -0.346 e. The molecule has 5 heteroatoms. The Morgan fingerprint density at radius 1 is 1.29 bits per heavy atom. The van der Waals surface area contributed by atoms with E-state index in [1.54, 1.807) is 6.92 Å². The lowest BCUT2D eigenvalue weighted by Gasteiger charge is -2.36. The fourth-order valence-electron chi connectivity index (χ4n) is 2.51. The topological polar surface area (TPSA) is 35.6 Å². The minimum atomic E-state index is 0.0674. The van der Waals surface area contributed by atoms with E-state index in [0.717, 1.165) is 43.5 Å². The molecule has 0 bridgehead atoms. The number of nitrogens with zero attached hydrogens (tertiary/aromatic N) is 2. The number of benzene rings is 1. The van der Waals surface area contributed by atoms with Crippen LogP contribution in [0.4, 0.5) is 5.69 Å². The van der Waals surface area contributed by atoms with Crippen LogP contribution in [0, 0.1) is 0 Å². The van der Waals surface area contributed by atoms with E-state index < -0.39 is 0 Å². The first-order valence-electron chi connectivity index (χ1n) is 7.49. The minimum absolute atomic E-state index is 0.0674. The summed E-state index contributed by atoms with van der Waals surface area (Å²) in [5, 5.41) is 3.98. The van der Waals surface area contributed by atoms with E-state index in [0.29, 0.717) is 5.56 Å². The summed E-state index contributed by atoms with van der Waals surface area (Å²) in [6.07, 6.45) is 1.19. The Hall–Kier alpha value is -1.46. The molecule has 114 valence electrons. The van der Waals surface area contributed by atoms with Gasteiger partial charge < -0.3 is 10.2 Å². The number of thiocarbonyl (C=S) groups is 1. The highest BCUT2D eigenvalue weighted by molar-refractivity contribution is 7.80. The Morgan fingerprint density at radius 2 is 2.00 bits per heavy atom. The van der Waals surface area contributed by atoms with E-state index >= 15 is 0 Å². The first kappa shape index (κ1) is 15.9. The maximum atomic E-state index is 11.4. The van der Waals surface area contributed by atoms with Crippen molar-refractivity contribution in [3.63, 3.8) is 0 Å². The summed E-state index contributed by atoms with van der Waals surface area (Å²) >= 11 is 5.48. The van der Waals surface area contributed by atoms with Crippen molar-refractivity contribution in [1.82, 2.24) is 9.80 Å². The Labute approximate surface area is 132 Å². The third-order valence-corrected chi connectivity index (χ3v) is 4.08. The molecule has 1 heterocycles. The number of nitrogens with one attached hydrogen (secondary N) is 1. The first-order valence-corrected chi connectivity index (χ1v) is 7.90. The molecule has 1 aliphatic rings. The Balaban J connectivity index is 1.90. The summed E-state index contributed by atoms with van der Waals surface area (Å²) in [5.74, 6) is 0.0674. The normalized spacial score (nSPS) is 15.8. The molecule has 1 aromatic carbocycles. The summed E-state index contributed by atoms with van der Waals surface area (Å²) in [6, 6.07) is 7.48. The average Bonchev–Trinajstić information content (AvgIpc) is 2.48. The van der Waals surface area contributed by atoms with Gasteiger partial charge in [-0.1, -0.05) is 19.1 Å². The van der Waals surface area contributed by atoms with Crippen molar-refractivity contribution in [3.8, 4) is 0 Å². The maximum Gasteiger partial charge on any atom is 0.173 e. The van der Waals surface area contributed by atoms with Crippen LogP contribution in [0.15, 0.2) is 24.3 Å². The maximum absolute atomic E-state index is 11.4. The third-order valence-electron chi connectivity index (χ3n) is 3.72. The van der Waals surface area contributed by atoms with Gasteiger partial charge in [-0.2, -0.15) is 0 Å². The number of anilines is 1. The highest BCUT2D eigenvalue weighted by Gasteiger charge is 2.18. The number of carbonyl (C=O) groups is 1. The van der Waals surface area contributed by atoms with Gasteiger partial charge in [-0.3, -0.25) is 9.69 Å². The van der Waals surface area contributed by atoms with Crippen LogP contribution in [0.25, 0.3) is 0 Å². The van der Waals surface area contributed by atoms with Gasteiger partial charge in [0.2, 0.25) is 0 Å². The highest BCUT2D eigenvalue weighted by atomic mass is 32.1. The summed E-state index contributed by atoms with van der Waals surface area (Å²) in [6.45, 7) is 8.97. The van der Waals surface area contributed by atoms with Crippen molar-refractivity contribution in [3.05, 3.63) is 29.8 Å². The van der Waals surface area contributed by atoms with Crippen LogP contribution in [-0.2, 0) is 0 Å². The van der Waals surface area contributed by atoms with Crippen molar-refractivity contribution < 1.29 is 4.79 Å². The second kappa shape index (κ2) is 7.52. The Morgan fingerprint density at radius 3 is 2.62 bits per heavy atom. The van der Waals surface area contributed by atoms with Crippen molar-refractivity contribution in [2.24, 2.45) is 0 Å². The first-order chi connectivity index (χ1) is 10.1. The highest BCUT2D eigenvalue weighted by Crippen LogP contribution is 2.13. The fourth-order valence-corrected chi connectivity index (χ4v) is 2.81. The molecule has 0 radical (unpaired) electrons. The predicted octanol–water partition coefficient (Wildman–Crippen LogP) is 2.61. The summed E-state index contributed by atoms with van der Waals surface area (Å²) in [4.78, 5) is 16.1. The monoisotopic (exact) mass is 305 g/mol.